The van der Waals surface area contributed by atoms with Crippen molar-refractivity contribution < 1.29 is 4.74 Å². The highest BCUT2D eigenvalue weighted by Crippen LogP contribution is 2.33. The van der Waals surface area contributed by atoms with E-state index in [2.05, 4.69) is 110 Å². The summed E-state index contributed by atoms with van der Waals surface area (Å²) in [5.74, 6) is 0.865. The summed E-state index contributed by atoms with van der Waals surface area (Å²) in [7, 11) is 1.68. The highest BCUT2D eigenvalue weighted by molar-refractivity contribution is 5.58. The number of methoxy groups -OCH3 is 1. The standard InChI is InChI=1S/C28H30N2O/c1-28(2,3)23-15-13-22(14-16-23)27-20-24(29-30(27)25-8-6-5-7-9-25)17-10-21-11-18-26(31-4)19-12-21/h5-20,27,29H,1-4H3. The second-order valence-electron chi connectivity index (χ2n) is 8.86. The molecule has 0 radical (unpaired) electrons. The number of nitrogens with zero attached hydrogens (tertiary/aromatic N) is 1. The van der Waals surface area contributed by atoms with Crippen molar-refractivity contribution in [3.63, 3.8) is 0 Å². The monoisotopic (exact) mass is 410 g/mol. The van der Waals surface area contributed by atoms with Crippen LogP contribution in [0.4, 0.5) is 5.69 Å². The number of hydrazine groups is 1. The largest absolute Gasteiger partial charge is 0.497 e. The molecule has 3 aromatic rings. The number of para-hydroxylation sites is 1. The van der Waals surface area contributed by atoms with Crippen LogP contribution < -0.4 is 15.2 Å². The van der Waals surface area contributed by atoms with E-state index in [0.717, 1.165) is 22.7 Å². The molecule has 0 aliphatic carbocycles. The van der Waals surface area contributed by atoms with Gasteiger partial charge in [-0.15, -0.1) is 0 Å². The van der Waals surface area contributed by atoms with Gasteiger partial charge < -0.3 is 4.74 Å². The normalized spacial score (nSPS) is 16.3. The Morgan fingerprint density at radius 2 is 1.52 bits per heavy atom. The predicted molar refractivity (Wildman–Crippen MR) is 130 cm³/mol. The van der Waals surface area contributed by atoms with Crippen molar-refractivity contribution in [1.82, 2.24) is 5.43 Å². The third-order valence-corrected chi connectivity index (χ3v) is 5.59. The van der Waals surface area contributed by atoms with Crippen LogP contribution in [-0.2, 0) is 5.41 Å². The molecule has 0 fully saturated rings. The molecule has 0 bridgehead atoms. The Hall–Kier alpha value is -3.46. The Kier molecular flexibility index (Phi) is 5.85. The zero-order valence-electron chi connectivity index (χ0n) is 18.7. The van der Waals surface area contributed by atoms with Crippen molar-refractivity contribution >= 4 is 11.8 Å². The molecule has 1 N–H and O–H groups in total. The number of hydrogen-bond donors (Lipinski definition) is 1. The van der Waals surface area contributed by atoms with Gasteiger partial charge in [0.05, 0.1) is 24.5 Å². The number of allylic oxidation sites excluding steroid dienone is 1. The van der Waals surface area contributed by atoms with Gasteiger partial charge in [-0.3, -0.25) is 10.4 Å². The minimum Gasteiger partial charge on any atom is -0.497 e. The van der Waals surface area contributed by atoms with E-state index in [1.54, 1.807) is 7.11 Å². The van der Waals surface area contributed by atoms with Crippen LogP contribution in [-0.4, -0.2) is 7.11 Å². The van der Waals surface area contributed by atoms with Gasteiger partial charge >= 0.3 is 0 Å². The average molecular weight is 411 g/mol. The summed E-state index contributed by atoms with van der Waals surface area (Å²) in [5.41, 5.74) is 9.67. The third-order valence-electron chi connectivity index (χ3n) is 5.59. The fourth-order valence-electron chi connectivity index (χ4n) is 3.72. The number of anilines is 1. The average Bonchev–Trinajstić information content (AvgIpc) is 3.22. The highest BCUT2D eigenvalue weighted by Gasteiger charge is 2.26. The fraction of sp³-hybridized carbons (Fsp3) is 0.214. The molecule has 0 aromatic heterocycles. The van der Waals surface area contributed by atoms with Gasteiger partial charge in [-0.25, -0.2) is 0 Å². The lowest BCUT2D eigenvalue weighted by Crippen LogP contribution is -2.34. The summed E-state index contributed by atoms with van der Waals surface area (Å²) in [6.45, 7) is 6.74. The van der Waals surface area contributed by atoms with E-state index >= 15 is 0 Å². The summed E-state index contributed by atoms with van der Waals surface area (Å²) in [6.07, 6.45) is 6.52. The molecule has 0 spiro atoms. The van der Waals surface area contributed by atoms with Crippen LogP contribution in [0.25, 0.3) is 6.08 Å². The molecule has 158 valence electrons. The number of hydrogen-bond acceptors (Lipinski definition) is 3. The minimum absolute atomic E-state index is 0.118. The molecule has 1 unspecified atom stereocenters. The first-order valence-electron chi connectivity index (χ1n) is 10.7. The van der Waals surface area contributed by atoms with E-state index < -0.39 is 0 Å². The van der Waals surface area contributed by atoms with Gasteiger partial charge in [-0.05, 0) is 58.5 Å². The predicted octanol–water partition coefficient (Wildman–Crippen LogP) is 6.66. The van der Waals surface area contributed by atoms with E-state index in [9.17, 15) is 0 Å². The van der Waals surface area contributed by atoms with Gasteiger partial charge in [0.2, 0.25) is 0 Å². The first-order valence-corrected chi connectivity index (χ1v) is 10.7. The van der Waals surface area contributed by atoms with E-state index in [4.69, 9.17) is 4.74 Å². The maximum absolute atomic E-state index is 5.25. The van der Waals surface area contributed by atoms with Gasteiger partial charge in [-0.2, -0.15) is 0 Å². The fourth-order valence-corrected chi connectivity index (χ4v) is 3.72. The Bertz CT molecular complexity index is 1060. The van der Waals surface area contributed by atoms with E-state index in [1.165, 1.54) is 11.1 Å². The summed E-state index contributed by atoms with van der Waals surface area (Å²) in [4.78, 5) is 0. The molecule has 3 nitrogen and oxygen atoms in total. The first-order chi connectivity index (χ1) is 14.9. The number of nitrogens with one attached hydrogen (secondary N) is 1. The van der Waals surface area contributed by atoms with Crippen molar-refractivity contribution in [2.75, 3.05) is 12.1 Å². The van der Waals surface area contributed by atoms with Crippen molar-refractivity contribution in [2.24, 2.45) is 0 Å². The molecular formula is C28H30N2O. The van der Waals surface area contributed by atoms with Crippen LogP contribution in [0.5, 0.6) is 5.75 Å². The van der Waals surface area contributed by atoms with E-state index in [-0.39, 0.29) is 11.5 Å². The second-order valence-corrected chi connectivity index (χ2v) is 8.86. The lowest BCUT2D eigenvalue weighted by atomic mass is 9.86. The van der Waals surface area contributed by atoms with Gasteiger partial charge in [-0.1, -0.05) is 81.4 Å². The van der Waals surface area contributed by atoms with Crippen molar-refractivity contribution in [3.05, 3.63) is 113 Å². The van der Waals surface area contributed by atoms with Crippen LogP contribution in [0.3, 0.4) is 0 Å². The van der Waals surface area contributed by atoms with E-state index in [0.29, 0.717) is 0 Å². The maximum atomic E-state index is 5.25. The first kappa shape index (κ1) is 20.8. The Balaban J connectivity index is 1.62. The van der Waals surface area contributed by atoms with Gasteiger partial charge in [0.15, 0.2) is 0 Å². The molecule has 1 heterocycles. The van der Waals surface area contributed by atoms with Crippen LogP contribution in [0.2, 0.25) is 0 Å². The molecule has 31 heavy (non-hydrogen) atoms. The zero-order valence-corrected chi connectivity index (χ0v) is 18.7. The molecule has 0 amide bonds. The van der Waals surface area contributed by atoms with E-state index in [1.807, 2.05) is 18.2 Å². The number of rotatable bonds is 5. The van der Waals surface area contributed by atoms with Gasteiger partial charge in [0.25, 0.3) is 0 Å². The molecule has 1 aliphatic heterocycles. The summed E-state index contributed by atoms with van der Waals surface area (Å²) >= 11 is 0. The topological polar surface area (TPSA) is 24.5 Å². The summed E-state index contributed by atoms with van der Waals surface area (Å²) in [6, 6.07) is 27.6. The molecule has 4 rings (SSSR count). The SMILES string of the molecule is COc1ccc(C=CC2=CC(c3ccc(C(C)(C)C)cc3)N(c3ccccc3)N2)cc1. The minimum atomic E-state index is 0.118. The molecule has 0 saturated heterocycles. The van der Waals surface area contributed by atoms with Gasteiger partial charge in [0, 0.05) is 0 Å². The molecule has 1 aliphatic rings. The van der Waals surface area contributed by atoms with Gasteiger partial charge in [0.1, 0.15) is 5.75 Å². The Morgan fingerprint density at radius 3 is 2.13 bits per heavy atom. The van der Waals surface area contributed by atoms with Crippen LogP contribution in [0, 0.1) is 0 Å². The lowest BCUT2D eigenvalue weighted by Gasteiger charge is -2.28. The maximum Gasteiger partial charge on any atom is 0.118 e. The second kappa shape index (κ2) is 8.73. The summed E-state index contributed by atoms with van der Waals surface area (Å²) < 4.78 is 5.25. The van der Waals surface area contributed by atoms with Crippen molar-refractivity contribution in [1.29, 1.82) is 0 Å². The van der Waals surface area contributed by atoms with Crippen molar-refractivity contribution in [2.45, 2.75) is 32.2 Å². The number of benzene rings is 3. The Morgan fingerprint density at radius 1 is 0.839 bits per heavy atom. The number of ether oxygens (including phenoxy) is 1. The third kappa shape index (κ3) is 4.83. The zero-order chi connectivity index (χ0) is 21.8. The lowest BCUT2D eigenvalue weighted by molar-refractivity contribution is 0.415. The molecule has 0 saturated carbocycles. The molecule has 3 heteroatoms. The van der Waals surface area contributed by atoms with Crippen LogP contribution in [0.1, 0.15) is 43.5 Å². The molecular weight excluding hydrogens is 380 g/mol. The van der Waals surface area contributed by atoms with Crippen molar-refractivity contribution in [3.8, 4) is 5.75 Å². The highest BCUT2D eigenvalue weighted by atomic mass is 16.5. The van der Waals surface area contributed by atoms with Crippen LogP contribution >= 0.6 is 0 Å². The quantitative estimate of drug-likeness (QED) is 0.509. The summed E-state index contributed by atoms with van der Waals surface area (Å²) in [5, 5.41) is 2.22. The smallest absolute Gasteiger partial charge is 0.118 e. The molecule has 3 aromatic carbocycles. The Labute approximate surface area is 185 Å². The van der Waals surface area contributed by atoms with Crippen LogP contribution in [0.15, 0.2) is 96.7 Å². The molecule has 1 atom stereocenters.